The van der Waals surface area contributed by atoms with Crippen LogP contribution >= 0.6 is 31.2 Å². The van der Waals surface area contributed by atoms with Crippen molar-refractivity contribution in [3.63, 3.8) is 0 Å². The summed E-state index contributed by atoms with van der Waals surface area (Å²) < 4.78 is 25.9. The fourth-order valence-corrected chi connectivity index (χ4v) is 2.56. The lowest BCUT2D eigenvalue weighted by Crippen LogP contribution is -1.92. The van der Waals surface area contributed by atoms with Crippen LogP contribution in [0.2, 0.25) is 5.02 Å². The van der Waals surface area contributed by atoms with E-state index in [2.05, 4.69) is 15.6 Å². The van der Waals surface area contributed by atoms with Crippen molar-refractivity contribution in [2.75, 3.05) is 14.2 Å². The van der Waals surface area contributed by atoms with Gasteiger partial charge in [0.2, 0.25) is 0 Å². The van der Waals surface area contributed by atoms with Gasteiger partial charge in [0.05, 0.1) is 0 Å². The number of phosphoric ester groups is 1. The molecule has 0 radical (unpaired) electrons. The molecule has 0 heterocycles. The van der Waals surface area contributed by atoms with Crippen molar-refractivity contribution in [1.82, 2.24) is 0 Å². The van der Waals surface area contributed by atoms with Gasteiger partial charge in [0, 0.05) is 24.1 Å². The number of halogens is 1. The molecule has 0 bridgehead atoms. The number of hydrogen-bond acceptors (Lipinski definition) is 5. The highest BCUT2D eigenvalue weighted by Crippen LogP contribution is 2.51. The molecule has 0 aliphatic rings. The Balaban J connectivity index is 2.61. The lowest BCUT2D eigenvalue weighted by atomic mass is 10.4. The normalized spacial score (nSPS) is 11.2. The van der Waals surface area contributed by atoms with Crippen LogP contribution < -0.4 is 0 Å². The molecule has 94 valence electrons. The Bertz CT molecular complexity index is 426. The molecule has 0 saturated carbocycles. The second-order valence-corrected chi connectivity index (χ2v) is 6.21. The molecule has 1 rings (SSSR count). The highest BCUT2D eigenvalue weighted by Gasteiger charge is 2.25. The zero-order valence-electron chi connectivity index (χ0n) is 9.38. The van der Waals surface area contributed by atoms with E-state index in [0.29, 0.717) is 5.02 Å². The van der Waals surface area contributed by atoms with E-state index in [1.54, 1.807) is 24.3 Å². The molecule has 1 aromatic rings. The molecular weight excluding hydrogens is 283 g/mol. The van der Waals surface area contributed by atoms with E-state index in [9.17, 15) is 4.57 Å². The number of benzene rings is 1. The third-order valence-corrected chi connectivity index (χ3v) is 4.24. The van der Waals surface area contributed by atoms with Gasteiger partial charge in [0.25, 0.3) is 0 Å². The van der Waals surface area contributed by atoms with Crippen molar-refractivity contribution in [3.8, 4) is 0 Å². The van der Waals surface area contributed by atoms with Gasteiger partial charge in [-0.1, -0.05) is 23.4 Å². The lowest BCUT2D eigenvalue weighted by molar-refractivity contribution is 0.191. The van der Waals surface area contributed by atoms with Crippen LogP contribution in [0, 0.1) is 0 Å². The second kappa shape index (κ2) is 6.47. The summed E-state index contributed by atoms with van der Waals surface area (Å²) in [5, 5.41) is 0.861. The van der Waals surface area contributed by atoms with Crippen LogP contribution in [0.25, 0.3) is 0 Å². The van der Waals surface area contributed by atoms with Gasteiger partial charge >= 0.3 is 7.82 Å². The smallest absolute Gasteiger partial charge is 0.397 e. The topological polar surface area (TPSA) is 44.8 Å². The Hall–Kier alpha value is -0.450. The van der Waals surface area contributed by atoms with Crippen LogP contribution in [0.15, 0.2) is 40.8 Å². The monoisotopic (exact) mass is 294 g/mol. The van der Waals surface area contributed by atoms with Crippen LogP contribution in [0.1, 0.15) is 0 Å². The zero-order valence-corrected chi connectivity index (χ0v) is 11.8. The van der Waals surface area contributed by atoms with E-state index >= 15 is 0 Å². The van der Waals surface area contributed by atoms with Gasteiger partial charge in [-0.25, -0.2) is 4.57 Å². The minimum atomic E-state index is -3.53. The predicted molar refractivity (Wildman–Crippen MR) is 69.2 cm³/mol. The van der Waals surface area contributed by atoms with Gasteiger partial charge in [0.1, 0.15) is 0 Å². The Labute approximate surface area is 110 Å². The Kier molecular flexibility index (Phi) is 5.56. The van der Waals surface area contributed by atoms with E-state index in [1.807, 2.05) is 0 Å². The molecule has 0 saturated heterocycles. The van der Waals surface area contributed by atoms with Crippen LogP contribution in [0.4, 0.5) is 0 Å². The van der Waals surface area contributed by atoms with Gasteiger partial charge in [-0.15, -0.1) is 0 Å². The van der Waals surface area contributed by atoms with Gasteiger partial charge in [-0.3, -0.25) is 9.05 Å². The first-order valence-corrected chi connectivity index (χ1v) is 7.18. The number of phosphoric acid groups is 1. The Morgan fingerprint density at radius 3 is 2.29 bits per heavy atom. The molecule has 0 aromatic heterocycles. The summed E-state index contributed by atoms with van der Waals surface area (Å²) in [7, 11) is -1.05. The summed E-state index contributed by atoms with van der Waals surface area (Å²) in [6.45, 7) is 3.63. The molecule has 0 N–H and O–H groups in total. The van der Waals surface area contributed by atoms with E-state index in [-0.39, 0.29) is 5.09 Å². The van der Waals surface area contributed by atoms with Crippen molar-refractivity contribution in [1.29, 1.82) is 0 Å². The van der Waals surface area contributed by atoms with Crippen LogP contribution in [0.3, 0.4) is 0 Å². The van der Waals surface area contributed by atoms with Crippen LogP contribution in [0.5, 0.6) is 0 Å². The fourth-order valence-electron chi connectivity index (χ4n) is 0.926. The molecule has 0 aliphatic carbocycles. The molecule has 0 spiro atoms. The predicted octanol–water partition coefficient (Wildman–Crippen LogP) is 4.32. The third-order valence-electron chi connectivity index (χ3n) is 1.71. The maximum Gasteiger partial charge on any atom is 0.530 e. The average Bonchev–Trinajstić information content (AvgIpc) is 2.32. The fraction of sp³-hybridized carbons (Fsp3) is 0.200. The molecule has 0 amide bonds. The molecule has 1 aromatic carbocycles. The van der Waals surface area contributed by atoms with Gasteiger partial charge in [-0.2, -0.15) is 0 Å². The second-order valence-electron chi connectivity index (χ2n) is 2.83. The van der Waals surface area contributed by atoms with Gasteiger partial charge in [-0.05, 0) is 30.8 Å². The number of thioether (sulfide) groups is 1. The number of hydrogen-bond donors (Lipinski definition) is 0. The largest absolute Gasteiger partial charge is 0.530 e. The highest BCUT2D eigenvalue weighted by atomic mass is 35.5. The summed E-state index contributed by atoms with van der Waals surface area (Å²) in [6, 6.07) is 7.07. The van der Waals surface area contributed by atoms with E-state index in [1.165, 1.54) is 26.0 Å². The van der Waals surface area contributed by atoms with Crippen LogP contribution in [-0.2, 0) is 18.1 Å². The molecule has 0 aliphatic heterocycles. The minimum Gasteiger partial charge on any atom is -0.397 e. The zero-order chi connectivity index (χ0) is 12.9. The van der Waals surface area contributed by atoms with E-state index in [4.69, 9.17) is 16.1 Å². The van der Waals surface area contributed by atoms with Gasteiger partial charge in [0.15, 0.2) is 5.09 Å². The SMILES string of the molecule is C=C(OP(=O)(OC)OC)Sc1ccc(Cl)cc1. The molecule has 0 atom stereocenters. The summed E-state index contributed by atoms with van der Waals surface area (Å²) >= 11 is 6.95. The van der Waals surface area contributed by atoms with Crippen molar-refractivity contribution in [2.45, 2.75) is 4.90 Å². The lowest BCUT2D eigenvalue weighted by Gasteiger charge is -2.15. The third kappa shape index (κ3) is 4.74. The summed E-state index contributed by atoms with van der Waals surface area (Å²) in [6.07, 6.45) is 0. The van der Waals surface area contributed by atoms with Crippen molar-refractivity contribution < 1.29 is 18.1 Å². The maximum absolute atomic E-state index is 11.6. The standard InChI is InChI=1S/C10H12ClO4PS/c1-8(15-16(12,13-2)14-3)17-10-6-4-9(11)5-7-10/h4-7H,1H2,2-3H3. The molecule has 0 unspecified atom stereocenters. The van der Waals surface area contributed by atoms with Crippen molar-refractivity contribution in [3.05, 3.63) is 41.0 Å². The summed E-state index contributed by atoms with van der Waals surface area (Å²) in [5.41, 5.74) is 0. The number of rotatable bonds is 6. The first-order valence-electron chi connectivity index (χ1n) is 4.52. The quantitative estimate of drug-likeness (QED) is 0.444. The highest BCUT2D eigenvalue weighted by molar-refractivity contribution is 8.03. The Morgan fingerprint density at radius 1 is 1.29 bits per heavy atom. The van der Waals surface area contributed by atoms with Crippen molar-refractivity contribution in [2.24, 2.45) is 0 Å². The summed E-state index contributed by atoms with van der Waals surface area (Å²) in [4.78, 5) is 0.859. The summed E-state index contributed by atoms with van der Waals surface area (Å²) in [5.74, 6) is 0. The van der Waals surface area contributed by atoms with Gasteiger partial charge < -0.3 is 4.52 Å². The molecular formula is C10H12ClO4PS. The molecule has 4 nitrogen and oxygen atoms in total. The molecule has 7 heteroatoms. The first kappa shape index (κ1) is 14.6. The first-order chi connectivity index (χ1) is 7.99. The molecule has 17 heavy (non-hydrogen) atoms. The van der Waals surface area contributed by atoms with E-state index < -0.39 is 7.82 Å². The minimum absolute atomic E-state index is 0.222. The van der Waals surface area contributed by atoms with E-state index in [0.717, 1.165) is 4.90 Å². The molecule has 0 fully saturated rings. The maximum atomic E-state index is 11.6. The van der Waals surface area contributed by atoms with Crippen LogP contribution in [-0.4, -0.2) is 14.2 Å². The Morgan fingerprint density at radius 2 is 1.82 bits per heavy atom. The average molecular weight is 295 g/mol. The van der Waals surface area contributed by atoms with Crippen molar-refractivity contribution >= 4 is 31.2 Å².